The number of carbonyl (C=O) groups is 1. The van der Waals surface area contributed by atoms with Crippen LogP contribution in [0.25, 0.3) is 11.4 Å². The van der Waals surface area contributed by atoms with Crippen LogP contribution in [-0.4, -0.2) is 39.9 Å². The van der Waals surface area contributed by atoms with Crippen LogP contribution in [0.3, 0.4) is 0 Å². The monoisotopic (exact) mass is 502 g/mol. The normalized spacial score (nSPS) is 14.6. The Morgan fingerprint density at radius 2 is 1.86 bits per heavy atom. The van der Waals surface area contributed by atoms with Crippen LogP contribution in [0.15, 0.2) is 78.1 Å². The summed E-state index contributed by atoms with van der Waals surface area (Å²) < 4.78 is 12.9. The fourth-order valence-electron chi connectivity index (χ4n) is 4.24. The molecule has 0 fully saturated rings. The van der Waals surface area contributed by atoms with Crippen LogP contribution in [0.2, 0.25) is 5.02 Å². The van der Waals surface area contributed by atoms with Crippen molar-refractivity contribution in [2.75, 3.05) is 24.9 Å². The number of para-hydroxylation sites is 1. The molecular weight excluding hydrogens is 480 g/mol. The quantitative estimate of drug-likeness (QED) is 0.385. The van der Waals surface area contributed by atoms with E-state index < -0.39 is 6.04 Å². The van der Waals surface area contributed by atoms with Gasteiger partial charge in [-0.15, -0.1) is 5.10 Å². The Balaban J connectivity index is 1.68. The van der Waals surface area contributed by atoms with Crippen LogP contribution in [0.1, 0.15) is 18.5 Å². The summed E-state index contributed by atoms with van der Waals surface area (Å²) in [6, 6.07) is 17.5. The predicted octanol–water partition coefficient (Wildman–Crippen LogP) is 4.94. The van der Waals surface area contributed by atoms with Gasteiger partial charge < -0.3 is 20.1 Å². The third-order valence-electron chi connectivity index (χ3n) is 5.85. The zero-order valence-corrected chi connectivity index (χ0v) is 20.6. The number of amides is 1. The molecule has 2 aromatic carbocycles. The molecule has 1 unspecified atom stereocenters. The van der Waals surface area contributed by atoms with Gasteiger partial charge in [0.25, 0.3) is 5.91 Å². The first-order valence-electron chi connectivity index (χ1n) is 11.1. The number of halogens is 1. The second-order valence-corrected chi connectivity index (χ2v) is 8.41. The van der Waals surface area contributed by atoms with Crippen molar-refractivity contribution in [1.82, 2.24) is 19.7 Å². The lowest BCUT2D eigenvalue weighted by molar-refractivity contribution is -0.113. The predicted molar refractivity (Wildman–Crippen MR) is 137 cm³/mol. The summed E-state index contributed by atoms with van der Waals surface area (Å²) in [6.45, 7) is 1.82. The van der Waals surface area contributed by atoms with E-state index in [-0.39, 0.29) is 5.91 Å². The number of ether oxygens (including phenoxy) is 2. The summed E-state index contributed by atoms with van der Waals surface area (Å²) in [5.74, 6) is 2.00. The van der Waals surface area contributed by atoms with Crippen LogP contribution in [0.5, 0.6) is 11.5 Å². The number of carbonyl (C=O) groups excluding carboxylic acids is 1. The number of hydrogen-bond acceptors (Lipinski definition) is 7. The molecule has 5 rings (SSSR count). The van der Waals surface area contributed by atoms with Crippen LogP contribution in [0, 0.1) is 0 Å². The number of allylic oxidation sites excluding steroid dienone is 1. The highest BCUT2D eigenvalue weighted by Gasteiger charge is 2.37. The maximum absolute atomic E-state index is 13.7. The third kappa shape index (κ3) is 4.14. The first-order chi connectivity index (χ1) is 17.5. The van der Waals surface area contributed by atoms with E-state index in [2.05, 4.69) is 20.6 Å². The number of pyridine rings is 1. The SMILES string of the molecule is COc1cccc(C2C(C(=O)Nc3ccccn3)=C(C)Nc3nc(-c4ccccc4Cl)nn32)c1OC. The van der Waals surface area contributed by atoms with Crippen LogP contribution < -0.4 is 20.1 Å². The summed E-state index contributed by atoms with van der Waals surface area (Å²) in [5, 5.41) is 11.4. The first-order valence-corrected chi connectivity index (χ1v) is 11.5. The van der Waals surface area contributed by atoms with Crippen molar-refractivity contribution in [3.05, 3.63) is 88.7 Å². The summed E-state index contributed by atoms with van der Waals surface area (Å²) in [5.41, 5.74) is 2.40. The fraction of sp³-hybridized carbons (Fsp3) is 0.154. The van der Waals surface area contributed by atoms with Gasteiger partial charge >= 0.3 is 0 Å². The molecule has 2 N–H and O–H groups in total. The Labute approximate surface area is 212 Å². The molecule has 1 atom stereocenters. The van der Waals surface area contributed by atoms with Gasteiger partial charge in [0, 0.05) is 23.0 Å². The van der Waals surface area contributed by atoms with Crippen LogP contribution >= 0.6 is 11.6 Å². The van der Waals surface area contributed by atoms with Crippen molar-refractivity contribution >= 4 is 29.3 Å². The minimum atomic E-state index is -0.682. The van der Waals surface area contributed by atoms with Gasteiger partial charge in [0.1, 0.15) is 11.9 Å². The van der Waals surface area contributed by atoms with Crippen LogP contribution in [0.4, 0.5) is 11.8 Å². The molecule has 36 heavy (non-hydrogen) atoms. The maximum Gasteiger partial charge on any atom is 0.257 e. The van der Waals surface area contributed by atoms with E-state index in [4.69, 9.17) is 26.2 Å². The van der Waals surface area contributed by atoms with Gasteiger partial charge in [-0.05, 0) is 37.3 Å². The van der Waals surface area contributed by atoms with E-state index in [9.17, 15) is 4.79 Å². The van der Waals surface area contributed by atoms with Crippen molar-refractivity contribution in [3.8, 4) is 22.9 Å². The molecule has 1 amide bonds. The van der Waals surface area contributed by atoms with Crippen molar-refractivity contribution in [2.45, 2.75) is 13.0 Å². The van der Waals surface area contributed by atoms with Gasteiger partial charge in [-0.2, -0.15) is 4.98 Å². The zero-order valence-electron chi connectivity index (χ0n) is 19.8. The molecule has 0 bridgehead atoms. The van der Waals surface area contributed by atoms with E-state index in [0.29, 0.717) is 56.5 Å². The highest BCUT2D eigenvalue weighted by atomic mass is 35.5. The third-order valence-corrected chi connectivity index (χ3v) is 6.18. The molecule has 2 aromatic heterocycles. The van der Waals surface area contributed by atoms with E-state index in [0.717, 1.165) is 0 Å². The molecule has 3 heterocycles. The molecule has 0 aliphatic carbocycles. The standard InChI is InChI=1S/C26H23ClN6O3/c1-15-21(25(34)30-20-13-6-7-14-28-20)22(17-10-8-12-19(35-2)23(17)36-3)33-26(29-15)31-24(32-33)16-9-4-5-11-18(16)27/h4-14,22H,1-3H3,(H,28,30,34)(H,29,31,32). The van der Waals surface area contributed by atoms with E-state index in [1.54, 1.807) is 55.4 Å². The molecule has 182 valence electrons. The molecule has 9 nitrogen and oxygen atoms in total. The molecule has 4 aromatic rings. The minimum Gasteiger partial charge on any atom is -0.493 e. The lowest BCUT2D eigenvalue weighted by atomic mass is 9.94. The molecule has 1 aliphatic rings. The zero-order chi connectivity index (χ0) is 25.2. The molecule has 0 radical (unpaired) electrons. The second kappa shape index (κ2) is 9.71. The number of fused-ring (bicyclic) bond motifs is 1. The van der Waals surface area contributed by atoms with Crippen molar-refractivity contribution in [2.24, 2.45) is 0 Å². The van der Waals surface area contributed by atoms with Gasteiger partial charge in [0.15, 0.2) is 17.3 Å². The number of nitrogens with zero attached hydrogens (tertiary/aromatic N) is 4. The van der Waals surface area contributed by atoms with Gasteiger partial charge in [-0.25, -0.2) is 9.67 Å². The topological polar surface area (TPSA) is 103 Å². The van der Waals surface area contributed by atoms with Gasteiger partial charge in [-0.3, -0.25) is 4.79 Å². The highest BCUT2D eigenvalue weighted by molar-refractivity contribution is 6.33. The molecule has 0 saturated heterocycles. The number of nitrogens with one attached hydrogen (secondary N) is 2. The molecule has 1 aliphatic heterocycles. The average molecular weight is 503 g/mol. The smallest absolute Gasteiger partial charge is 0.257 e. The summed E-state index contributed by atoms with van der Waals surface area (Å²) in [6.07, 6.45) is 1.62. The second-order valence-electron chi connectivity index (χ2n) is 8.00. The molecule has 0 saturated carbocycles. The lowest BCUT2D eigenvalue weighted by Gasteiger charge is -2.29. The van der Waals surface area contributed by atoms with Crippen LogP contribution in [-0.2, 0) is 4.79 Å². The Hall–Kier alpha value is -4.37. The first kappa shape index (κ1) is 23.4. The molecule has 10 heteroatoms. The summed E-state index contributed by atoms with van der Waals surface area (Å²) in [7, 11) is 3.13. The number of aromatic nitrogens is 4. The Morgan fingerprint density at radius 1 is 1.06 bits per heavy atom. The summed E-state index contributed by atoms with van der Waals surface area (Å²) in [4.78, 5) is 22.6. The number of anilines is 2. The fourth-order valence-corrected chi connectivity index (χ4v) is 4.46. The van der Waals surface area contributed by atoms with E-state index in [1.807, 2.05) is 37.3 Å². The van der Waals surface area contributed by atoms with E-state index >= 15 is 0 Å². The number of rotatable bonds is 6. The van der Waals surface area contributed by atoms with Crippen molar-refractivity contribution < 1.29 is 14.3 Å². The van der Waals surface area contributed by atoms with Gasteiger partial charge in [0.2, 0.25) is 5.95 Å². The van der Waals surface area contributed by atoms with Crippen molar-refractivity contribution in [3.63, 3.8) is 0 Å². The lowest BCUT2D eigenvalue weighted by Crippen LogP contribution is -2.32. The largest absolute Gasteiger partial charge is 0.493 e. The number of hydrogen-bond donors (Lipinski definition) is 2. The van der Waals surface area contributed by atoms with Gasteiger partial charge in [-0.1, -0.05) is 41.9 Å². The Kier molecular flexibility index (Phi) is 6.30. The number of benzene rings is 2. The molecule has 0 spiro atoms. The Morgan fingerprint density at radius 3 is 2.58 bits per heavy atom. The molecular formula is C26H23ClN6O3. The minimum absolute atomic E-state index is 0.339. The number of methoxy groups -OCH3 is 2. The average Bonchev–Trinajstić information content (AvgIpc) is 3.31. The Bertz CT molecular complexity index is 1470. The van der Waals surface area contributed by atoms with E-state index in [1.165, 1.54) is 0 Å². The highest BCUT2D eigenvalue weighted by Crippen LogP contribution is 2.43. The summed E-state index contributed by atoms with van der Waals surface area (Å²) >= 11 is 6.43. The maximum atomic E-state index is 13.7. The van der Waals surface area contributed by atoms with Crippen molar-refractivity contribution in [1.29, 1.82) is 0 Å². The van der Waals surface area contributed by atoms with Gasteiger partial charge in [0.05, 0.1) is 24.8 Å².